The highest BCUT2D eigenvalue weighted by molar-refractivity contribution is 6.64. The molecule has 0 saturated carbocycles. The minimum Gasteiger partial charge on any atom is -0.411 e. The first kappa shape index (κ1) is 13.1. The molecule has 0 aromatic rings. The maximum absolute atomic E-state index is 9.68. The van der Waals surface area contributed by atoms with Crippen LogP contribution in [-0.2, 0) is 9.47 Å². The van der Waals surface area contributed by atoms with Gasteiger partial charge < -0.3 is 19.1 Å². The summed E-state index contributed by atoms with van der Waals surface area (Å²) in [7, 11) is -2.90. The van der Waals surface area contributed by atoms with E-state index in [1.54, 1.807) is 0 Å². The Morgan fingerprint density at radius 3 is 2.60 bits per heavy atom. The molecule has 1 heterocycles. The summed E-state index contributed by atoms with van der Waals surface area (Å²) in [5.41, 5.74) is 0. The van der Waals surface area contributed by atoms with Crippen LogP contribution in [-0.4, -0.2) is 44.1 Å². The maximum Gasteiger partial charge on any atom is 0.332 e. The normalized spacial score (nSPS) is 20.6. The summed E-state index contributed by atoms with van der Waals surface area (Å²) in [6, 6.07) is 1.12. The number of unbranched alkanes of at least 4 members (excludes halogenated alkanes) is 1. The van der Waals surface area contributed by atoms with Crippen LogP contribution in [0.5, 0.6) is 0 Å². The van der Waals surface area contributed by atoms with Crippen molar-refractivity contribution in [1.82, 2.24) is 0 Å². The van der Waals surface area contributed by atoms with Crippen molar-refractivity contribution < 1.29 is 19.1 Å². The molecular weight excluding hydrogens is 212 g/mol. The highest BCUT2D eigenvalue weighted by atomic mass is 28.4. The van der Waals surface area contributed by atoms with Gasteiger partial charge in [-0.15, -0.1) is 0 Å². The summed E-state index contributed by atoms with van der Waals surface area (Å²) in [6.07, 6.45) is 2.98. The van der Waals surface area contributed by atoms with E-state index in [1.807, 2.05) is 0 Å². The molecule has 1 fully saturated rings. The van der Waals surface area contributed by atoms with Gasteiger partial charge in [-0.2, -0.15) is 0 Å². The zero-order valence-corrected chi connectivity index (χ0v) is 10.4. The topological polar surface area (TPSA) is 62.2 Å². The average Bonchev–Trinajstić information content (AvgIpc) is 2.98. The van der Waals surface area contributed by atoms with E-state index in [1.165, 1.54) is 0 Å². The fourth-order valence-electron chi connectivity index (χ4n) is 1.42. The van der Waals surface area contributed by atoms with E-state index in [-0.39, 0.29) is 0 Å². The predicted molar refractivity (Wildman–Crippen MR) is 59.9 cm³/mol. The average molecular weight is 234 g/mol. The third-order valence-corrected chi connectivity index (χ3v) is 4.81. The monoisotopic (exact) mass is 234 g/mol. The predicted octanol–water partition coefficient (Wildman–Crippen LogP) is 1.02. The molecule has 4 nitrogen and oxygen atoms in total. The quantitative estimate of drug-likeness (QED) is 0.355. The second-order valence-corrected chi connectivity index (χ2v) is 7.18. The molecule has 1 aliphatic heterocycles. The fourth-order valence-corrected chi connectivity index (χ4v) is 3.30. The molecule has 90 valence electrons. The molecule has 0 aromatic heterocycles. The van der Waals surface area contributed by atoms with Gasteiger partial charge in [-0.1, -0.05) is 19.8 Å². The van der Waals surface area contributed by atoms with Crippen molar-refractivity contribution in [2.45, 2.75) is 44.4 Å². The first-order valence-electron chi connectivity index (χ1n) is 5.78. The van der Waals surface area contributed by atoms with E-state index in [9.17, 15) is 9.59 Å². The lowest BCUT2D eigenvalue weighted by atomic mass is 10.4. The van der Waals surface area contributed by atoms with Crippen LogP contribution in [0.4, 0.5) is 0 Å². The van der Waals surface area contributed by atoms with Crippen molar-refractivity contribution >= 4 is 8.56 Å². The Morgan fingerprint density at radius 2 is 2.00 bits per heavy atom. The Morgan fingerprint density at radius 1 is 1.33 bits per heavy atom. The Balaban J connectivity index is 1.91. The summed E-state index contributed by atoms with van der Waals surface area (Å²) in [6.45, 7) is 4.14. The molecule has 5 heteroatoms. The van der Waals surface area contributed by atoms with Crippen molar-refractivity contribution in [3.8, 4) is 0 Å². The van der Waals surface area contributed by atoms with Gasteiger partial charge in [0, 0.05) is 6.61 Å². The molecule has 1 rings (SSSR count). The summed E-state index contributed by atoms with van der Waals surface area (Å²) in [4.78, 5) is 19.4. The molecule has 2 N–H and O–H groups in total. The van der Waals surface area contributed by atoms with E-state index in [4.69, 9.17) is 9.47 Å². The minimum absolute atomic E-state index is 0.301. The molecule has 1 unspecified atom stereocenters. The van der Waals surface area contributed by atoms with Gasteiger partial charge >= 0.3 is 8.56 Å². The van der Waals surface area contributed by atoms with Crippen LogP contribution < -0.4 is 0 Å². The number of ether oxygens (including phenoxy) is 2. The Labute approximate surface area is 92.5 Å². The lowest BCUT2D eigenvalue weighted by Gasteiger charge is -2.17. The van der Waals surface area contributed by atoms with E-state index in [0.717, 1.165) is 25.9 Å². The van der Waals surface area contributed by atoms with Gasteiger partial charge in [0.25, 0.3) is 0 Å². The molecule has 0 radical (unpaired) electrons. The van der Waals surface area contributed by atoms with Crippen LogP contribution in [0.25, 0.3) is 0 Å². The van der Waals surface area contributed by atoms with Crippen molar-refractivity contribution in [3.63, 3.8) is 0 Å². The van der Waals surface area contributed by atoms with Gasteiger partial charge in [0.15, 0.2) is 0 Å². The third-order valence-electron chi connectivity index (χ3n) is 2.50. The van der Waals surface area contributed by atoms with E-state index in [2.05, 4.69) is 6.92 Å². The lowest BCUT2D eigenvalue weighted by molar-refractivity contribution is 0.115. The molecule has 0 spiro atoms. The fraction of sp³-hybridized carbons (Fsp3) is 1.00. The summed E-state index contributed by atoms with van der Waals surface area (Å²) >= 11 is 0. The number of epoxide rings is 1. The summed E-state index contributed by atoms with van der Waals surface area (Å²) in [5, 5.41) is 0. The minimum atomic E-state index is -2.90. The van der Waals surface area contributed by atoms with Crippen molar-refractivity contribution in [1.29, 1.82) is 0 Å². The van der Waals surface area contributed by atoms with Crippen LogP contribution >= 0.6 is 0 Å². The van der Waals surface area contributed by atoms with E-state index in [0.29, 0.717) is 31.4 Å². The smallest absolute Gasteiger partial charge is 0.332 e. The SMILES string of the molecule is CCCC[Si](O)(O)CCCOCC1CO1. The van der Waals surface area contributed by atoms with Crippen molar-refractivity contribution in [2.75, 3.05) is 19.8 Å². The Bertz CT molecular complexity index is 171. The van der Waals surface area contributed by atoms with Crippen LogP contribution in [0.3, 0.4) is 0 Å². The van der Waals surface area contributed by atoms with Gasteiger partial charge in [-0.25, -0.2) is 0 Å². The van der Waals surface area contributed by atoms with E-state index >= 15 is 0 Å². The highest BCUT2D eigenvalue weighted by Crippen LogP contribution is 2.15. The van der Waals surface area contributed by atoms with Gasteiger partial charge in [0.2, 0.25) is 0 Å². The van der Waals surface area contributed by atoms with Crippen molar-refractivity contribution in [3.05, 3.63) is 0 Å². The molecule has 15 heavy (non-hydrogen) atoms. The highest BCUT2D eigenvalue weighted by Gasteiger charge is 2.27. The van der Waals surface area contributed by atoms with Crippen LogP contribution in [0, 0.1) is 0 Å². The summed E-state index contributed by atoms with van der Waals surface area (Å²) in [5.74, 6) is 0. The second-order valence-electron chi connectivity index (χ2n) is 4.22. The zero-order valence-electron chi connectivity index (χ0n) is 9.45. The lowest BCUT2D eigenvalue weighted by Crippen LogP contribution is -2.34. The standard InChI is InChI=1S/C10H22O4Si/c1-2-3-6-15(11,12)7-4-5-13-8-10-9-14-10/h10-12H,2-9H2,1H3. The summed E-state index contributed by atoms with van der Waals surface area (Å²) < 4.78 is 10.3. The number of hydrogen-bond acceptors (Lipinski definition) is 4. The van der Waals surface area contributed by atoms with Gasteiger partial charge in [0.1, 0.15) is 6.10 Å². The second kappa shape index (κ2) is 6.60. The van der Waals surface area contributed by atoms with Crippen LogP contribution in [0.15, 0.2) is 0 Å². The first-order valence-corrected chi connectivity index (χ1v) is 8.09. The third kappa shape index (κ3) is 7.02. The first-order chi connectivity index (χ1) is 7.14. The molecule has 0 aliphatic carbocycles. The number of rotatable bonds is 9. The maximum atomic E-state index is 9.68. The van der Waals surface area contributed by atoms with Gasteiger partial charge in [-0.05, 0) is 18.5 Å². The number of hydrogen-bond donors (Lipinski definition) is 2. The Kier molecular flexibility index (Phi) is 5.77. The van der Waals surface area contributed by atoms with Gasteiger partial charge in [-0.3, -0.25) is 0 Å². The van der Waals surface area contributed by atoms with E-state index < -0.39 is 8.56 Å². The van der Waals surface area contributed by atoms with Crippen LogP contribution in [0.1, 0.15) is 26.2 Å². The molecule has 1 aliphatic rings. The molecule has 1 atom stereocenters. The zero-order chi connectivity index (χ0) is 11.1. The van der Waals surface area contributed by atoms with Gasteiger partial charge in [0.05, 0.1) is 13.2 Å². The van der Waals surface area contributed by atoms with Crippen molar-refractivity contribution in [2.24, 2.45) is 0 Å². The molecule has 0 bridgehead atoms. The molecule has 0 aromatic carbocycles. The molecule has 0 amide bonds. The van der Waals surface area contributed by atoms with Crippen LogP contribution in [0.2, 0.25) is 12.1 Å². The largest absolute Gasteiger partial charge is 0.411 e. The molecular formula is C10H22O4Si. The molecule has 1 saturated heterocycles. The Hall–Kier alpha value is 0.0569.